The molecule has 3 saturated carbocycles. The summed E-state index contributed by atoms with van der Waals surface area (Å²) in [5, 5.41) is 0. The fourth-order valence-electron chi connectivity index (χ4n) is 3.79. The molecule has 0 nitrogen and oxygen atoms in total. The molecule has 0 aromatic heterocycles. The van der Waals surface area contributed by atoms with Crippen molar-refractivity contribution in [1.29, 1.82) is 0 Å². The van der Waals surface area contributed by atoms with Crippen LogP contribution in [0.15, 0.2) is 11.1 Å². The second-order valence-electron chi connectivity index (χ2n) is 5.27. The van der Waals surface area contributed by atoms with Gasteiger partial charge in [0.1, 0.15) is 0 Å². The van der Waals surface area contributed by atoms with Crippen molar-refractivity contribution in [3.05, 3.63) is 11.1 Å². The smallest absolute Gasteiger partial charge is 0.0198 e. The highest BCUT2D eigenvalue weighted by molar-refractivity contribution is 5.24. The molecule has 0 aromatic rings. The van der Waals surface area contributed by atoms with Crippen molar-refractivity contribution >= 4 is 0 Å². The molecule has 0 aliphatic heterocycles. The van der Waals surface area contributed by atoms with Gasteiger partial charge in [0.15, 0.2) is 0 Å². The van der Waals surface area contributed by atoms with Crippen LogP contribution in [-0.4, -0.2) is 0 Å². The Kier molecular flexibility index (Phi) is 1.96. The van der Waals surface area contributed by atoms with Gasteiger partial charge in [-0.15, -0.1) is 0 Å². The highest BCUT2D eigenvalue weighted by Crippen LogP contribution is 2.50. The van der Waals surface area contributed by atoms with E-state index in [-0.39, 0.29) is 0 Å². The largest absolute Gasteiger partial charge is 0.0707 e. The summed E-state index contributed by atoms with van der Waals surface area (Å²) in [6.07, 6.45) is 13.5. The second kappa shape index (κ2) is 3.15. The van der Waals surface area contributed by atoms with Crippen LogP contribution in [0.4, 0.5) is 0 Å². The van der Waals surface area contributed by atoms with Gasteiger partial charge in [-0.05, 0) is 63.2 Å². The van der Waals surface area contributed by atoms with E-state index in [9.17, 15) is 0 Å². The Morgan fingerprint density at radius 3 is 2.38 bits per heavy atom. The Labute approximate surface area is 81.4 Å². The van der Waals surface area contributed by atoms with Gasteiger partial charge in [-0.2, -0.15) is 0 Å². The Hall–Kier alpha value is -0.260. The number of fused-ring (bicyclic) bond motifs is 2. The Morgan fingerprint density at radius 2 is 1.77 bits per heavy atom. The SMILES string of the molecule is C1CCC(=C2CC3CCC2C3)CC1. The van der Waals surface area contributed by atoms with Gasteiger partial charge < -0.3 is 0 Å². The molecule has 3 aliphatic carbocycles. The van der Waals surface area contributed by atoms with Gasteiger partial charge in [-0.3, -0.25) is 0 Å². The molecule has 0 spiro atoms. The van der Waals surface area contributed by atoms with Crippen LogP contribution in [0.1, 0.15) is 57.8 Å². The summed E-state index contributed by atoms with van der Waals surface area (Å²) in [6, 6.07) is 0. The predicted molar refractivity (Wildman–Crippen MR) is 55.6 cm³/mol. The maximum Gasteiger partial charge on any atom is -0.0198 e. The van der Waals surface area contributed by atoms with Gasteiger partial charge in [0.2, 0.25) is 0 Å². The molecule has 2 bridgehead atoms. The monoisotopic (exact) mass is 176 g/mol. The van der Waals surface area contributed by atoms with Crippen molar-refractivity contribution in [3.63, 3.8) is 0 Å². The van der Waals surface area contributed by atoms with Gasteiger partial charge in [-0.25, -0.2) is 0 Å². The Bertz CT molecular complexity index is 228. The number of hydrogen-bond donors (Lipinski definition) is 0. The van der Waals surface area contributed by atoms with Crippen molar-refractivity contribution in [2.75, 3.05) is 0 Å². The molecule has 72 valence electrons. The first kappa shape index (κ1) is 8.08. The quantitative estimate of drug-likeness (QED) is 0.488. The van der Waals surface area contributed by atoms with Crippen molar-refractivity contribution in [2.45, 2.75) is 57.8 Å². The summed E-state index contributed by atoms with van der Waals surface area (Å²) in [5.41, 5.74) is 3.84. The molecular weight excluding hydrogens is 156 g/mol. The normalized spacial score (nSPS) is 38.8. The Balaban J connectivity index is 1.82. The van der Waals surface area contributed by atoms with E-state index in [4.69, 9.17) is 0 Å². The third-order valence-corrected chi connectivity index (χ3v) is 4.45. The minimum atomic E-state index is 1.05. The van der Waals surface area contributed by atoms with Gasteiger partial charge in [0.25, 0.3) is 0 Å². The van der Waals surface area contributed by atoms with Crippen LogP contribution in [0.3, 0.4) is 0 Å². The predicted octanol–water partition coefficient (Wildman–Crippen LogP) is 4.07. The summed E-state index contributed by atoms with van der Waals surface area (Å²) >= 11 is 0. The lowest BCUT2D eigenvalue weighted by molar-refractivity contribution is 0.532. The van der Waals surface area contributed by atoms with Crippen LogP contribution >= 0.6 is 0 Å². The lowest BCUT2D eigenvalue weighted by Gasteiger charge is -2.22. The maximum absolute atomic E-state index is 1.94. The lowest BCUT2D eigenvalue weighted by atomic mass is 9.84. The average molecular weight is 176 g/mol. The summed E-state index contributed by atoms with van der Waals surface area (Å²) in [6.45, 7) is 0. The van der Waals surface area contributed by atoms with E-state index in [1.165, 1.54) is 44.9 Å². The van der Waals surface area contributed by atoms with E-state index in [1.54, 1.807) is 12.8 Å². The van der Waals surface area contributed by atoms with Gasteiger partial charge >= 0.3 is 0 Å². The molecular formula is C13H20. The first-order chi connectivity index (χ1) is 6.43. The zero-order valence-electron chi connectivity index (χ0n) is 8.52. The molecule has 3 rings (SSSR count). The third-order valence-electron chi connectivity index (χ3n) is 4.45. The number of rotatable bonds is 0. The maximum atomic E-state index is 1.94. The summed E-state index contributed by atoms with van der Waals surface area (Å²) in [5.74, 6) is 2.16. The Morgan fingerprint density at radius 1 is 0.923 bits per heavy atom. The molecule has 2 unspecified atom stereocenters. The van der Waals surface area contributed by atoms with Crippen LogP contribution in [-0.2, 0) is 0 Å². The molecule has 0 heteroatoms. The summed E-state index contributed by atoms with van der Waals surface area (Å²) in [4.78, 5) is 0. The first-order valence-electron chi connectivity index (χ1n) is 6.14. The highest BCUT2D eigenvalue weighted by atomic mass is 14.4. The van der Waals surface area contributed by atoms with E-state index in [0.29, 0.717) is 0 Å². The molecule has 3 aliphatic rings. The van der Waals surface area contributed by atoms with Crippen molar-refractivity contribution in [1.82, 2.24) is 0 Å². The molecule has 0 N–H and O–H groups in total. The topological polar surface area (TPSA) is 0 Å². The minimum Gasteiger partial charge on any atom is -0.0707 e. The minimum absolute atomic E-state index is 1.05. The van der Waals surface area contributed by atoms with Crippen molar-refractivity contribution in [2.24, 2.45) is 11.8 Å². The van der Waals surface area contributed by atoms with Gasteiger partial charge in [0, 0.05) is 0 Å². The van der Waals surface area contributed by atoms with Crippen molar-refractivity contribution in [3.8, 4) is 0 Å². The molecule has 3 fully saturated rings. The second-order valence-corrected chi connectivity index (χ2v) is 5.27. The molecule has 2 atom stereocenters. The molecule has 0 saturated heterocycles. The summed E-state index contributed by atoms with van der Waals surface area (Å²) < 4.78 is 0. The van der Waals surface area contributed by atoms with Gasteiger partial charge in [-0.1, -0.05) is 17.6 Å². The van der Waals surface area contributed by atoms with Crippen LogP contribution < -0.4 is 0 Å². The fraction of sp³-hybridized carbons (Fsp3) is 0.846. The highest BCUT2D eigenvalue weighted by Gasteiger charge is 2.36. The van der Waals surface area contributed by atoms with E-state index in [1.807, 2.05) is 11.1 Å². The average Bonchev–Trinajstić information content (AvgIpc) is 2.80. The van der Waals surface area contributed by atoms with Crippen LogP contribution in [0, 0.1) is 11.8 Å². The van der Waals surface area contributed by atoms with Crippen LogP contribution in [0.2, 0.25) is 0 Å². The standard InChI is InChI=1S/C13H20/c1-2-4-11(5-3-1)13-9-10-6-7-12(13)8-10/h10,12H,1-9H2. The zero-order chi connectivity index (χ0) is 8.67. The molecule has 0 amide bonds. The van der Waals surface area contributed by atoms with E-state index >= 15 is 0 Å². The van der Waals surface area contributed by atoms with Crippen LogP contribution in [0.5, 0.6) is 0 Å². The number of allylic oxidation sites excluding steroid dienone is 2. The third kappa shape index (κ3) is 1.35. The molecule has 13 heavy (non-hydrogen) atoms. The number of hydrogen-bond acceptors (Lipinski definition) is 0. The molecule has 0 radical (unpaired) electrons. The van der Waals surface area contributed by atoms with E-state index < -0.39 is 0 Å². The van der Waals surface area contributed by atoms with E-state index in [2.05, 4.69) is 0 Å². The van der Waals surface area contributed by atoms with E-state index in [0.717, 1.165) is 11.8 Å². The first-order valence-corrected chi connectivity index (χ1v) is 6.14. The van der Waals surface area contributed by atoms with Crippen LogP contribution in [0.25, 0.3) is 0 Å². The van der Waals surface area contributed by atoms with Gasteiger partial charge in [0.05, 0.1) is 0 Å². The van der Waals surface area contributed by atoms with Crippen molar-refractivity contribution < 1.29 is 0 Å². The fourth-order valence-corrected chi connectivity index (χ4v) is 3.79. The zero-order valence-corrected chi connectivity index (χ0v) is 8.52. The molecule has 0 heterocycles. The summed E-state index contributed by atoms with van der Waals surface area (Å²) in [7, 11) is 0. The molecule has 0 aromatic carbocycles. The lowest BCUT2D eigenvalue weighted by Crippen LogP contribution is -2.05.